The summed E-state index contributed by atoms with van der Waals surface area (Å²) >= 11 is 0. The average Bonchev–Trinajstić information content (AvgIpc) is 1.98. The number of unbranched alkanes of at least 4 members (excludes halogenated alkanes) is 1. The summed E-state index contributed by atoms with van der Waals surface area (Å²) in [6.07, 6.45) is 2.15. The number of aliphatic imine (C=N–C) groups is 1. The van der Waals surface area contributed by atoms with Gasteiger partial charge in [0.25, 0.3) is 0 Å². The van der Waals surface area contributed by atoms with Gasteiger partial charge in [-0.1, -0.05) is 13.3 Å². The second-order valence-corrected chi connectivity index (χ2v) is 1.91. The van der Waals surface area contributed by atoms with Crippen molar-refractivity contribution in [1.29, 1.82) is 0 Å². The third-order valence-electron chi connectivity index (χ3n) is 1.02. The fourth-order valence-corrected chi connectivity index (χ4v) is 0.387. The van der Waals surface area contributed by atoms with Gasteiger partial charge in [-0.2, -0.15) is 0 Å². The SMILES string of the molecule is CCCCONC(N)=NC. The van der Waals surface area contributed by atoms with E-state index in [0.29, 0.717) is 12.6 Å². The van der Waals surface area contributed by atoms with Crippen molar-refractivity contribution in [2.24, 2.45) is 10.7 Å². The molecule has 0 unspecified atom stereocenters. The smallest absolute Gasteiger partial charge is 0.212 e. The minimum Gasteiger partial charge on any atom is -0.368 e. The van der Waals surface area contributed by atoms with Gasteiger partial charge in [0.15, 0.2) is 0 Å². The molecule has 0 aromatic carbocycles. The van der Waals surface area contributed by atoms with Gasteiger partial charge in [-0.05, 0) is 6.42 Å². The summed E-state index contributed by atoms with van der Waals surface area (Å²) < 4.78 is 0. The number of nitrogens with one attached hydrogen (secondary N) is 1. The quantitative estimate of drug-likeness (QED) is 0.258. The van der Waals surface area contributed by atoms with Crippen LogP contribution in [0.25, 0.3) is 0 Å². The number of hydroxylamine groups is 1. The third-order valence-corrected chi connectivity index (χ3v) is 1.02. The molecule has 0 radical (unpaired) electrons. The summed E-state index contributed by atoms with van der Waals surface area (Å²) in [5, 5.41) is 0. The number of nitrogens with two attached hydrogens (primary N) is 1. The summed E-state index contributed by atoms with van der Waals surface area (Å²) in [5.41, 5.74) is 7.76. The van der Waals surface area contributed by atoms with Crippen molar-refractivity contribution in [1.82, 2.24) is 5.48 Å². The van der Waals surface area contributed by atoms with Crippen molar-refractivity contribution in [3.8, 4) is 0 Å². The molecule has 4 heteroatoms. The minimum atomic E-state index is 0.316. The molecule has 0 bridgehead atoms. The van der Waals surface area contributed by atoms with Gasteiger partial charge in [0, 0.05) is 7.05 Å². The molecule has 3 N–H and O–H groups in total. The van der Waals surface area contributed by atoms with E-state index in [1.165, 1.54) is 0 Å². The van der Waals surface area contributed by atoms with Gasteiger partial charge >= 0.3 is 0 Å². The molecular weight excluding hydrogens is 130 g/mol. The number of guanidine groups is 1. The van der Waals surface area contributed by atoms with E-state index in [1.807, 2.05) is 0 Å². The Kier molecular flexibility index (Phi) is 5.86. The predicted octanol–water partition coefficient (Wildman–Crippen LogP) is 0.252. The van der Waals surface area contributed by atoms with Gasteiger partial charge in [0.1, 0.15) is 0 Å². The van der Waals surface area contributed by atoms with E-state index in [1.54, 1.807) is 7.05 Å². The lowest BCUT2D eigenvalue weighted by molar-refractivity contribution is 0.0817. The van der Waals surface area contributed by atoms with E-state index in [9.17, 15) is 0 Å². The molecule has 0 aromatic heterocycles. The molecule has 0 saturated heterocycles. The van der Waals surface area contributed by atoms with Crippen molar-refractivity contribution in [2.75, 3.05) is 13.7 Å². The largest absolute Gasteiger partial charge is 0.368 e. The van der Waals surface area contributed by atoms with Crippen LogP contribution in [0.4, 0.5) is 0 Å². The molecule has 60 valence electrons. The Morgan fingerprint density at radius 3 is 2.90 bits per heavy atom. The summed E-state index contributed by atoms with van der Waals surface area (Å²) in [5.74, 6) is 0.316. The Balaban J connectivity index is 3.04. The highest BCUT2D eigenvalue weighted by atomic mass is 16.6. The van der Waals surface area contributed by atoms with Crippen LogP contribution in [0, 0.1) is 0 Å². The van der Waals surface area contributed by atoms with Crippen LogP contribution in [0.3, 0.4) is 0 Å². The molecule has 0 fully saturated rings. The summed E-state index contributed by atoms with van der Waals surface area (Å²) in [6, 6.07) is 0. The highest BCUT2D eigenvalue weighted by Gasteiger charge is 1.86. The molecule has 0 aromatic rings. The number of hydrogen-bond acceptors (Lipinski definition) is 2. The Bertz CT molecular complexity index is 103. The molecule has 0 aliphatic carbocycles. The first-order valence-electron chi connectivity index (χ1n) is 3.41. The molecular formula is C6H15N3O. The summed E-state index contributed by atoms with van der Waals surface area (Å²) in [7, 11) is 1.60. The van der Waals surface area contributed by atoms with Gasteiger partial charge in [-0.15, -0.1) is 0 Å². The molecule has 0 atom stereocenters. The number of rotatable bonds is 4. The summed E-state index contributed by atoms with van der Waals surface area (Å²) in [6.45, 7) is 2.77. The van der Waals surface area contributed by atoms with Crippen LogP contribution in [-0.2, 0) is 4.84 Å². The normalized spacial score (nSPS) is 11.6. The standard InChI is InChI=1S/C6H15N3O/c1-3-4-5-10-9-6(7)8-2/h3-5H2,1-2H3,(H3,7,8,9). The van der Waals surface area contributed by atoms with Crippen LogP contribution in [-0.4, -0.2) is 19.6 Å². The van der Waals surface area contributed by atoms with Crippen molar-refractivity contribution in [3.05, 3.63) is 0 Å². The van der Waals surface area contributed by atoms with Crippen molar-refractivity contribution >= 4 is 5.96 Å². The molecule has 0 aliphatic heterocycles. The maximum absolute atomic E-state index is 5.27. The van der Waals surface area contributed by atoms with Crippen LogP contribution in [0.1, 0.15) is 19.8 Å². The molecule has 0 heterocycles. The summed E-state index contributed by atoms with van der Waals surface area (Å²) in [4.78, 5) is 8.57. The van der Waals surface area contributed by atoms with E-state index in [0.717, 1.165) is 12.8 Å². The Morgan fingerprint density at radius 2 is 2.40 bits per heavy atom. The topological polar surface area (TPSA) is 59.6 Å². The van der Waals surface area contributed by atoms with E-state index >= 15 is 0 Å². The lowest BCUT2D eigenvalue weighted by Gasteiger charge is -2.03. The Labute approximate surface area is 61.4 Å². The van der Waals surface area contributed by atoms with Crippen LogP contribution in [0.15, 0.2) is 4.99 Å². The van der Waals surface area contributed by atoms with Crippen molar-refractivity contribution < 1.29 is 4.84 Å². The van der Waals surface area contributed by atoms with Crippen LogP contribution >= 0.6 is 0 Å². The number of hydrogen-bond donors (Lipinski definition) is 2. The average molecular weight is 145 g/mol. The maximum atomic E-state index is 5.27. The third kappa shape index (κ3) is 5.37. The first-order chi connectivity index (χ1) is 4.81. The molecule has 0 spiro atoms. The van der Waals surface area contributed by atoms with Crippen molar-refractivity contribution in [2.45, 2.75) is 19.8 Å². The zero-order valence-corrected chi connectivity index (χ0v) is 6.55. The highest BCUT2D eigenvalue weighted by molar-refractivity contribution is 5.76. The monoisotopic (exact) mass is 145 g/mol. The second kappa shape index (κ2) is 6.35. The lowest BCUT2D eigenvalue weighted by atomic mass is 10.4. The van der Waals surface area contributed by atoms with E-state index < -0.39 is 0 Å². The van der Waals surface area contributed by atoms with Crippen molar-refractivity contribution in [3.63, 3.8) is 0 Å². The first kappa shape index (κ1) is 9.23. The first-order valence-corrected chi connectivity index (χ1v) is 3.41. The zero-order valence-electron chi connectivity index (χ0n) is 6.55. The zero-order chi connectivity index (χ0) is 7.82. The number of nitrogens with zero attached hydrogens (tertiary/aromatic N) is 1. The Morgan fingerprint density at radius 1 is 1.70 bits per heavy atom. The van der Waals surface area contributed by atoms with Gasteiger partial charge in [-0.3, -0.25) is 9.83 Å². The maximum Gasteiger partial charge on any atom is 0.212 e. The molecule has 4 nitrogen and oxygen atoms in total. The molecule has 0 saturated carbocycles. The predicted molar refractivity (Wildman–Crippen MR) is 41.5 cm³/mol. The lowest BCUT2D eigenvalue weighted by Crippen LogP contribution is -2.31. The fourth-order valence-electron chi connectivity index (χ4n) is 0.387. The van der Waals surface area contributed by atoms with Gasteiger partial charge in [0.2, 0.25) is 5.96 Å². The van der Waals surface area contributed by atoms with E-state index in [-0.39, 0.29) is 0 Å². The van der Waals surface area contributed by atoms with E-state index in [2.05, 4.69) is 17.4 Å². The van der Waals surface area contributed by atoms with Crippen LogP contribution < -0.4 is 11.2 Å². The molecule has 0 rings (SSSR count). The van der Waals surface area contributed by atoms with Gasteiger partial charge < -0.3 is 5.73 Å². The molecule has 10 heavy (non-hydrogen) atoms. The van der Waals surface area contributed by atoms with Crippen LogP contribution in [0.5, 0.6) is 0 Å². The van der Waals surface area contributed by atoms with Gasteiger partial charge in [0.05, 0.1) is 6.61 Å². The highest BCUT2D eigenvalue weighted by Crippen LogP contribution is 1.84. The van der Waals surface area contributed by atoms with Gasteiger partial charge in [-0.25, -0.2) is 5.48 Å². The Hall–Kier alpha value is -0.770. The second-order valence-electron chi connectivity index (χ2n) is 1.91. The van der Waals surface area contributed by atoms with Crippen LogP contribution in [0.2, 0.25) is 0 Å². The fraction of sp³-hybridized carbons (Fsp3) is 0.833. The minimum absolute atomic E-state index is 0.316. The van der Waals surface area contributed by atoms with E-state index in [4.69, 9.17) is 10.6 Å². The molecule has 0 amide bonds. The molecule has 0 aliphatic rings.